The molecule has 2 rings (SSSR count). The van der Waals surface area contributed by atoms with Crippen molar-refractivity contribution < 1.29 is 45.6 Å². The second kappa shape index (κ2) is 13.5. The Labute approximate surface area is 147 Å². The molecule has 1 aliphatic rings. The minimum Gasteiger partial charge on any atom is -0.279 e. The van der Waals surface area contributed by atoms with Crippen molar-refractivity contribution in [3.05, 3.63) is 60.7 Å². The molecule has 0 spiro atoms. The Kier molecular flexibility index (Phi) is 14.2. The van der Waals surface area contributed by atoms with E-state index in [1.165, 1.54) is 25.7 Å². The first-order valence-electron chi connectivity index (χ1n) is 6.59. The summed E-state index contributed by atoms with van der Waals surface area (Å²) < 4.78 is 57.5. The maximum Gasteiger partial charge on any atom is 0.522 e. The first-order chi connectivity index (χ1) is 10.2. The summed E-state index contributed by atoms with van der Waals surface area (Å²) in [5, 5.41) is 0. The number of hydrogen-bond acceptors (Lipinski definition) is 2. The van der Waals surface area contributed by atoms with E-state index in [2.05, 4.69) is 24.3 Å². The van der Waals surface area contributed by atoms with Crippen LogP contribution in [0.15, 0.2) is 60.7 Å². The van der Waals surface area contributed by atoms with Crippen molar-refractivity contribution in [3.8, 4) is 0 Å². The van der Waals surface area contributed by atoms with Gasteiger partial charge in [0.2, 0.25) is 0 Å². The minimum atomic E-state index is -5.84. The van der Waals surface area contributed by atoms with Gasteiger partial charge in [0.1, 0.15) is 0 Å². The Morgan fingerprint density at radius 3 is 1.00 bits per heavy atom. The molecular formula is C15H19F3O3RhS. The van der Waals surface area contributed by atoms with Gasteiger partial charge in [-0.3, -0.25) is 4.55 Å². The van der Waals surface area contributed by atoms with Crippen LogP contribution in [0.4, 0.5) is 13.2 Å². The molecule has 0 atom stereocenters. The second-order valence-corrected chi connectivity index (χ2v) is 5.59. The summed E-state index contributed by atoms with van der Waals surface area (Å²) in [5.74, 6) is 0. The number of rotatable bonds is 0. The van der Waals surface area contributed by atoms with Gasteiger partial charge in [0.05, 0.1) is 0 Å². The van der Waals surface area contributed by atoms with Crippen LogP contribution in [0.3, 0.4) is 0 Å². The average Bonchev–Trinajstić information content (AvgIpc) is 2.39. The summed E-state index contributed by atoms with van der Waals surface area (Å²) in [6.45, 7) is 0. The number of alkyl halides is 3. The molecule has 1 aromatic rings. The van der Waals surface area contributed by atoms with E-state index in [1.807, 2.05) is 36.4 Å². The van der Waals surface area contributed by atoms with Gasteiger partial charge < -0.3 is 0 Å². The zero-order chi connectivity index (χ0) is 16.9. The van der Waals surface area contributed by atoms with E-state index in [0.29, 0.717) is 0 Å². The van der Waals surface area contributed by atoms with Crippen LogP contribution in [0.1, 0.15) is 25.7 Å². The van der Waals surface area contributed by atoms with E-state index in [4.69, 9.17) is 13.0 Å². The van der Waals surface area contributed by atoms with E-state index in [-0.39, 0.29) is 19.5 Å². The molecule has 0 heterocycles. The molecule has 0 saturated heterocycles. The Bertz CT molecular complexity index is 488. The van der Waals surface area contributed by atoms with Crippen LogP contribution in [-0.4, -0.2) is 18.5 Å². The van der Waals surface area contributed by atoms with Crippen molar-refractivity contribution in [1.29, 1.82) is 0 Å². The van der Waals surface area contributed by atoms with Gasteiger partial charge in [0, 0.05) is 19.5 Å². The molecule has 0 fully saturated rings. The first-order valence-corrected chi connectivity index (χ1v) is 8.03. The van der Waals surface area contributed by atoms with Gasteiger partial charge >= 0.3 is 15.6 Å². The van der Waals surface area contributed by atoms with Gasteiger partial charge in [-0.05, 0) is 25.7 Å². The predicted molar refractivity (Wildman–Crippen MR) is 80.8 cm³/mol. The molecule has 8 heteroatoms. The van der Waals surface area contributed by atoms with Crippen LogP contribution in [0, 0.1) is 0 Å². The molecule has 0 aromatic heterocycles. The summed E-state index contributed by atoms with van der Waals surface area (Å²) in [4.78, 5) is 0. The van der Waals surface area contributed by atoms with Crippen molar-refractivity contribution in [2.24, 2.45) is 0 Å². The van der Waals surface area contributed by atoms with Gasteiger partial charge in [-0.15, -0.1) is 0 Å². The molecular weight excluding hydrogens is 420 g/mol. The van der Waals surface area contributed by atoms with Crippen LogP contribution in [-0.2, 0) is 29.6 Å². The third-order valence-corrected chi connectivity index (χ3v) is 2.88. The Morgan fingerprint density at radius 2 is 0.870 bits per heavy atom. The zero-order valence-corrected chi connectivity index (χ0v) is 14.7. The van der Waals surface area contributed by atoms with Gasteiger partial charge in [0.25, 0.3) is 0 Å². The van der Waals surface area contributed by atoms with Crippen LogP contribution >= 0.6 is 0 Å². The molecule has 1 radical (unpaired) electrons. The van der Waals surface area contributed by atoms with Crippen molar-refractivity contribution in [2.45, 2.75) is 31.2 Å². The van der Waals surface area contributed by atoms with Gasteiger partial charge in [0.15, 0.2) is 0 Å². The minimum absolute atomic E-state index is 0. The number of halogens is 3. The topological polar surface area (TPSA) is 54.4 Å². The fourth-order valence-electron chi connectivity index (χ4n) is 1.24. The molecule has 23 heavy (non-hydrogen) atoms. The van der Waals surface area contributed by atoms with Crippen LogP contribution in [0.5, 0.6) is 0 Å². The number of benzene rings is 1. The third kappa shape index (κ3) is 15.7. The maximum absolute atomic E-state index is 10.7. The Balaban J connectivity index is 0. The van der Waals surface area contributed by atoms with Crippen molar-refractivity contribution >= 4 is 10.1 Å². The van der Waals surface area contributed by atoms with E-state index in [0.717, 1.165) is 0 Å². The van der Waals surface area contributed by atoms with Gasteiger partial charge in [-0.25, -0.2) is 0 Å². The summed E-state index contributed by atoms with van der Waals surface area (Å²) in [7, 11) is -5.84. The van der Waals surface area contributed by atoms with E-state index >= 15 is 0 Å². The summed E-state index contributed by atoms with van der Waals surface area (Å²) in [6, 6.07) is 12.0. The fourth-order valence-corrected chi connectivity index (χ4v) is 1.24. The molecule has 0 bridgehead atoms. The summed E-state index contributed by atoms with van der Waals surface area (Å²) in [6.07, 6.45) is 14.0. The van der Waals surface area contributed by atoms with Gasteiger partial charge in [-0.2, -0.15) is 21.6 Å². The van der Waals surface area contributed by atoms with Crippen LogP contribution < -0.4 is 0 Å². The normalized spacial score (nSPS) is 13.9. The Morgan fingerprint density at radius 1 is 0.696 bits per heavy atom. The molecule has 1 aliphatic carbocycles. The van der Waals surface area contributed by atoms with Crippen LogP contribution in [0.2, 0.25) is 0 Å². The largest absolute Gasteiger partial charge is 0.522 e. The molecule has 133 valence electrons. The van der Waals surface area contributed by atoms with Crippen molar-refractivity contribution in [3.63, 3.8) is 0 Å². The quantitative estimate of drug-likeness (QED) is 0.275. The molecule has 0 unspecified atom stereocenters. The molecule has 0 amide bonds. The molecule has 0 saturated carbocycles. The first kappa shape index (κ1) is 24.3. The third-order valence-electron chi connectivity index (χ3n) is 2.29. The number of allylic oxidation sites excluding steroid dienone is 4. The van der Waals surface area contributed by atoms with Crippen LogP contribution in [0.25, 0.3) is 0 Å². The Hall–Kier alpha value is -0.977. The van der Waals surface area contributed by atoms with E-state index in [9.17, 15) is 13.2 Å². The van der Waals surface area contributed by atoms with Crippen molar-refractivity contribution in [2.75, 3.05) is 0 Å². The molecule has 1 aromatic carbocycles. The maximum atomic E-state index is 10.7. The summed E-state index contributed by atoms with van der Waals surface area (Å²) >= 11 is 0. The second-order valence-electron chi connectivity index (χ2n) is 4.17. The monoisotopic (exact) mass is 439 g/mol. The van der Waals surface area contributed by atoms with Gasteiger partial charge in [-0.1, -0.05) is 60.7 Å². The molecule has 0 aliphatic heterocycles. The SMILES string of the molecule is C1=CCCC=CCC1.O=S(=O)(O)C(F)(F)F.[Rh].c1ccccc1. The summed E-state index contributed by atoms with van der Waals surface area (Å²) in [5.41, 5.74) is -5.53. The molecule has 3 nitrogen and oxygen atoms in total. The van der Waals surface area contributed by atoms with E-state index < -0.39 is 15.6 Å². The van der Waals surface area contributed by atoms with E-state index in [1.54, 1.807) is 0 Å². The average molecular weight is 439 g/mol. The predicted octanol–water partition coefficient (Wildman–Crippen LogP) is 4.75. The fraction of sp³-hybridized carbons (Fsp3) is 0.333. The van der Waals surface area contributed by atoms with Crippen molar-refractivity contribution in [1.82, 2.24) is 0 Å². The molecule has 1 N–H and O–H groups in total. The number of hydrogen-bond donors (Lipinski definition) is 1. The standard InChI is InChI=1S/C8H12.C6H6.CHF3O3S.Rh/c1-2-4-6-8-7-5-3-1;1-2-4-6-5-3-1;2-1(3,4)8(5,6)7;/h1-2,7-8H,3-6H2;1-6H;(H,5,6,7);. The zero-order valence-electron chi connectivity index (χ0n) is 12.2. The smallest absolute Gasteiger partial charge is 0.279 e.